The van der Waals surface area contributed by atoms with E-state index in [9.17, 15) is 9.59 Å². The summed E-state index contributed by atoms with van der Waals surface area (Å²) in [5.74, 6) is 0.469. The Morgan fingerprint density at radius 1 is 1.69 bits per heavy atom. The van der Waals surface area contributed by atoms with E-state index in [4.69, 9.17) is 5.11 Å². The Hall–Kier alpha value is -1.26. The molecule has 1 fully saturated rings. The van der Waals surface area contributed by atoms with Gasteiger partial charge in [-0.25, -0.2) is 4.79 Å². The second-order valence-corrected chi connectivity index (χ2v) is 3.07. The molecule has 76 valence electrons. The molecule has 1 heterocycles. The van der Waals surface area contributed by atoms with Crippen molar-refractivity contribution in [2.24, 2.45) is 5.92 Å². The van der Waals surface area contributed by atoms with Gasteiger partial charge in [0.2, 0.25) is 5.91 Å². The molecule has 5 nitrogen and oxygen atoms in total. The van der Waals surface area contributed by atoms with Crippen molar-refractivity contribution in [3.63, 3.8) is 0 Å². The molecule has 1 aliphatic heterocycles. The lowest BCUT2D eigenvalue weighted by molar-refractivity contribution is -0.125. The number of nitrogens with one attached hydrogen (secondary N) is 1. The Kier molecular flexibility index (Phi) is 5.67. The number of carboxylic acid groups (broad SMARTS) is 1. The van der Waals surface area contributed by atoms with Crippen LogP contribution in [0.25, 0.3) is 0 Å². The highest BCUT2D eigenvalue weighted by atomic mass is 16.7. The first-order valence-electron chi connectivity index (χ1n) is 4.14. The molecule has 0 saturated carbocycles. The van der Waals surface area contributed by atoms with Gasteiger partial charge in [-0.1, -0.05) is 13.8 Å². The van der Waals surface area contributed by atoms with Crippen LogP contribution < -0.4 is 5.32 Å². The summed E-state index contributed by atoms with van der Waals surface area (Å²) in [5.41, 5.74) is 0. The van der Waals surface area contributed by atoms with Crippen LogP contribution in [0.2, 0.25) is 0 Å². The van der Waals surface area contributed by atoms with E-state index in [-0.39, 0.29) is 18.4 Å². The smallest absolute Gasteiger partial charge is 0.450 e. The Balaban J connectivity index is 0.000000243. The summed E-state index contributed by atoms with van der Waals surface area (Å²) in [7, 11) is 0. The van der Waals surface area contributed by atoms with Crippen LogP contribution in [-0.2, 0) is 9.53 Å². The number of hydrogen-bond donors (Lipinski definition) is 2. The van der Waals surface area contributed by atoms with Gasteiger partial charge in [0.15, 0.2) is 0 Å². The molecule has 0 aliphatic carbocycles. The van der Waals surface area contributed by atoms with E-state index in [2.05, 4.69) is 10.1 Å². The van der Waals surface area contributed by atoms with Gasteiger partial charge in [0.1, 0.15) is 0 Å². The van der Waals surface area contributed by atoms with Crippen LogP contribution in [0.5, 0.6) is 0 Å². The first-order chi connectivity index (χ1) is 6.02. The Bertz CT molecular complexity index is 173. The first kappa shape index (κ1) is 11.7. The molecule has 0 aromatic rings. The van der Waals surface area contributed by atoms with E-state index in [1.807, 2.05) is 13.8 Å². The Labute approximate surface area is 77.1 Å². The van der Waals surface area contributed by atoms with E-state index >= 15 is 0 Å². The van der Waals surface area contributed by atoms with Crippen LogP contribution in [-0.4, -0.2) is 30.3 Å². The third-order valence-electron chi connectivity index (χ3n) is 1.21. The predicted molar refractivity (Wildman–Crippen MR) is 46.4 cm³/mol. The molecule has 1 saturated heterocycles. The molecule has 2 N–H and O–H groups in total. The largest absolute Gasteiger partial charge is 0.505 e. The fourth-order valence-electron chi connectivity index (χ4n) is 0.465. The van der Waals surface area contributed by atoms with E-state index in [1.54, 1.807) is 0 Å². The molecule has 0 bridgehead atoms. The average Bonchev–Trinajstić information content (AvgIpc) is 1.98. The minimum Gasteiger partial charge on any atom is -0.450 e. The van der Waals surface area contributed by atoms with Gasteiger partial charge >= 0.3 is 6.16 Å². The highest BCUT2D eigenvalue weighted by Crippen LogP contribution is 1.91. The molecule has 0 aromatic carbocycles. The van der Waals surface area contributed by atoms with Gasteiger partial charge in [0, 0.05) is 13.0 Å². The summed E-state index contributed by atoms with van der Waals surface area (Å²) in [5, 5.41) is 10.5. The maximum atomic E-state index is 9.79. The zero-order valence-electron chi connectivity index (χ0n) is 7.87. The van der Waals surface area contributed by atoms with Crippen molar-refractivity contribution >= 4 is 12.1 Å². The third-order valence-corrected chi connectivity index (χ3v) is 1.21. The monoisotopic (exact) mass is 189 g/mol. The molecule has 0 aromatic heterocycles. The minimum absolute atomic E-state index is 0.185. The van der Waals surface area contributed by atoms with Gasteiger partial charge in [-0.15, -0.1) is 0 Å². The van der Waals surface area contributed by atoms with Crippen molar-refractivity contribution in [2.45, 2.75) is 20.3 Å². The van der Waals surface area contributed by atoms with Gasteiger partial charge in [-0.05, 0) is 5.92 Å². The van der Waals surface area contributed by atoms with Crippen molar-refractivity contribution in [1.29, 1.82) is 0 Å². The number of rotatable bonds is 2. The highest BCUT2D eigenvalue weighted by molar-refractivity contribution is 5.81. The van der Waals surface area contributed by atoms with Gasteiger partial charge in [-0.2, -0.15) is 0 Å². The van der Waals surface area contributed by atoms with Crippen LogP contribution in [0.1, 0.15) is 20.3 Å². The van der Waals surface area contributed by atoms with Crippen molar-refractivity contribution < 1.29 is 19.4 Å². The summed E-state index contributed by atoms with van der Waals surface area (Å²) >= 11 is 0. The van der Waals surface area contributed by atoms with E-state index in [1.165, 1.54) is 0 Å². The zero-order chi connectivity index (χ0) is 10.3. The molecule has 0 radical (unpaired) electrons. The normalized spacial score (nSPS) is 13.6. The number of amides is 1. The van der Waals surface area contributed by atoms with Crippen molar-refractivity contribution in [2.75, 3.05) is 13.2 Å². The van der Waals surface area contributed by atoms with Crippen molar-refractivity contribution in [3.8, 4) is 0 Å². The van der Waals surface area contributed by atoms with Crippen LogP contribution in [0, 0.1) is 5.92 Å². The van der Waals surface area contributed by atoms with Gasteiger partial charge < -0.3 is 15.2 Å². The fraction of sp³-hybridized carbons (Fsp3) is 0.750. The summed E-state index contributed by atoms with van der Waals surface area (Å²) in [6.07, 6.45) is -0.460. The number of carbonyl (C=O) groups is 2. The van der Waals surface area contributed by atoms with E-state index < -0.39 is 6.16 Å². The molecule has 5 heteroatoms. The second-order valence-electron chi connectivity index (χ2n) is 3.07. The second kappa shape index (κ2) is 6.28. The van der Waals surface area contributed by atoms with Crippen LogP contribution >= 0.6 is 0 Å². The molecule has 13 heavy (non-hydrogen) atoms. The molecule has 0 atom stereocenters. The summed E-state index contributed by atoms with van der Waals surface area (Å²) in [6.45, 7) is 4.96. The lowest BCUT2D eigenvalue weighted by atomic mass is 10.2. The van der Waals surface area contributed by atoms with E-state index in [0.717, 1.165) is 13.0 Å². The van der Waals surface area contributed by atoms with Crippen LogP contribution in [0.15, 0.2) is 0 Å². The van der Waals surface area contributed by atoms with Crippen LogP contribution in [0.4, 0.5) is 4.79 Å². The van der Waals surface area contributed by atoms with Gasteiger partial charge in [0.25, 0.3) is 0 Å². The lowest BCUT2D eigenvalue weighted by Crippen LogP contribution is -2.37. The standard InChI is InChI=1S/C5H10O3.C3H5NO/c1-4(2)3-8-5(6)7;5-3-1-2-4-3/h4H,3H2,1-2H3,(H,6,7);1-2H2,(H,4,5). The maximum Gasteiger partial charge on any atom is 0.505 e. The topological polar surface area (TPSA) is 75.6 Å². The summed E-state index contributed by atoms with van der Waals surface area (Å²) in [6, 6.07) is 0. The average molecular weight is 189 g/mol. The number of hydrogen-bond acceptors (Lipinski definition) is 3. The molecule has 1 aliphatic rings. The molecular formula is C8H15NO4. The Morgan fingerprint density at radius 2 is 2.15 bits per heavy atom. The van der Waals surface area contributed by atoms with Crippen molar-refractivity contribution in [1.82, 2.24) is 5.32 Å². The molecular weight excluding hydrogens is 174 g/mol. The molecule has 1 amide bonds. The van der Waals surface area contributed by atoms with Gasteiger partial charge in [-0.3, -0.25) is 4.79 Å². The molecule has 0 spiro atoms. The summed E-state index contributed by atoms with van der Waals surface area (Å²) in [4.78, 5) is 19.5. The maximum absolute atomic E-state index is 9.79. The fourth-order valence-corrected chi connectivity index (χ4v) is 0.465. The molecule has 0 unspecified atom stereocenters. The number of ether oxygens (including phenoxy) is 1. The zero-order valence-corrected chi connectivity index (χ0v) is 7.87. The minimum atomic E-state index is -1.20. The van der Waals surface area contributed by atoms with Crippen molar-refractivity contribution in [3.05, 3.63) is 0 Å². The van der Waals surface area contributed by atoms with Crippen LogP contribution in [0.3, 0.4) is 0 Å². The Morgan fingerprint density at radius 3 is 2.23 bits per heavy atom. The van der Waals surface area contributed by atoms with Gasteiger partial charge in [0.05, 0.1) is 6.61 Å². The molecule has 1 rings (SSSR count). The SMILES string of the molecule is CC(C)COC(=O)O.O=C1CCN1. The quantitative estimate of drug-likeness (QED) is 0.498. The van der Waals surface area contributed by atoms with E-state index in [0.29, 0.717) is 0 Å². The summed E-state index contributed by atoms with van der Waals surface area (Å²) < 4.78 is 4.22. The lowest BCUT2D eigenvalue weighted by Gasteiger charge is -2.10. The number of β-lactam (4-membered cyclic amide) rings is 1. The predicted octanol–water partition coefficient (Wildman–Crippen LogP) is 0.843. The third kappa shape index (κ3) is 8.65. The number of carbonyl (C=O) groups excluding carboxylic acids is 1. The first-order valence-corrected chi connectivity index (χ1v) is 4.14. The highest BCUT2D eigenvalue weighted by Gasteiger charge is 2.07.